The molecule has 0 fully saturated rings. The van der Waals surface area contributed by atoms with Crippen LogP contribution in [0.15, 0.2) is 0 Å². The average Bonchev–Trinajstić information content (AvgIpc) is 2.63. The molecule has 1 atom stereocenters. The molecule has 0 saturated heterocycles. The standard InChI is InChI=1S/C11H16N4O4/c1-5-9(6(2)15-14-5)10(17)13-7(11(18)19)3-4-8(12)16/h7H,3-4H2,1-2H3,(H2,12,16)(H,13,17)(H,14,15)(H,18,19)/t7-/m0/s1. The molecular weight excluding hydrogens is 252 g/mol. The van der Waals surface area contributed by atoms with Crippen molar-refractivity contribution in [3.8, 4) is 0 Å². The molecule has 1 heterocycles. The number of aromatic amines is 1. The molecule has 8 nitrogen and oxygen atoms in total. The Morgan fingerprint density at radius 3 is 2.47 bits per heavy atom. The van der Waals surface area contributed by atoms with Crippen molar-refractivity contribution in [2.24, 2.45) is 5.73 Å². The minimum atomic E-state index is -1.21. The summed E-state index contributed by atoms with van der Waals surface area (Å²) in [7, 11) is 0. The van der Waals surface area contributed by atoms with Gasteiger partial charge in [-0.3, -0.25) is 14.7 Å². The summed E-state index contributed by atoms with van der Waals surface area (Å²) in [5, 5.41) is 17.8. The fourth-order valence-electron chi connectivity index (χ4n) is 1.66. The number of amides is 2. The molecule has 0 bridgehead atoms. The molecule has 1 rings (SSSR count). The van der Waals surface area contributed by atoms with Gasteiger partial charge < -0.3 is 16.2 Å². The Hall–Kier alpha value is -2.38. The first-order valence-electron chi connectivity index (χ1n) is 5.66. The number of aliphatic carboxylic acids is 1. The molecule has 104 valence electrons. The van der Waals surface area contributed by atoms with Crippen LogP contribution in [-0.4, -0.2) is 39.1 Å². The van der Waals surface area contributed by atoms with Gasteiger partial charge in [0.1, 0.15) is 6.04 Å². The number of nitrogens with zero attached hydrogens (tertiary/aromatic N) is 1. The van der Waals surface area contributed by atoms with Gasteiger partial charge in [-0.2, -0.15) is 5.10 Å². The van der Waals surface area contributed by atoms with Crippen LogP contribution in [-0.2, 0) is 9.59 Å². The second-order valence-electron chi connectivity index (χ2n) is 4.18. The fraction of sp³-hybridized carbons (Fsp3) is 0.455. The molecule has 0 aliphatic carbocycles. The van der Waals surface area contributed by atoms with E-state index in [4.69, 9.17) is 10.8 Å². The third-order valence-electron chi connectivity index (χ3n) is 2.64. The molecule has 0 spiro atoms. The van der Waals surface area contributed by atoms with E-state index >= 15 is 0 Å². The Kier molecular flexibility index (Phi) is 4.62. The number of aromatic nitrogens is 2. The van der Waals surface area contributed by atoms with Crippen LogP contribution in [0.3, 0.4) is 0 Å². The third-order valence-corrected chi connectivity index (χ3v) is 2.64. The highest BCUT2D eigenvalue weighted by atomic mass is 16.4. The summed E-state index contributed by atoms with van der Waals surface area (Å²) in [6, 6.07) is -1.16. The van der Waals surface area contributed by atoms with Crippen molar-refractivity contribution in [3.05, 3.63) is 17.0 Å². The fourth-order valence-corrected chi connectivity index (χ4v) is 1.66. The second kappa shape index (κ2) is 5.98. The van der Waals surface area contributed by atoms with Crippen LogP contribution in [0.1, 0.15) is 34.6 Å². The van der Waals surface area contributed by atoms with E-state index in [2.05, 4.69) is 15.5 Å². The van der Waals surface area contributed by atoms with Gasteiger partial charge in [-0.25, -0.2) is 4.79 Å². The van der Waals surface area contributed by atoms with Crippen molar-refractivity contribution in [3.63, 3.8) is 0 Å². The summed E-state index contributed by atoms with van der Waals surface area (Å²) in [6.07, 6.45) is -0.160. The highest BCUT2D eigenvalue weighted by Crippen LogP contribution is 2.10. The maximum atomic E-state index is 12.0. The van der Waals surface area contributed by atoms with E-state index in [1.807, 2.05) is 0 Å². The Bertz CT molecular complexity index is 489. The summed E-state index contributed by atoms with van der Waals surface area (Å²) in [6.45, 7) is 3.30. The lowest BCUT2D eigenvalue weighted by atomic mass is 10.1. The third kappa shape index (κ3) is 3.80. The molecule has 0 aromatic carbocycles. The predicted octanol–water partition coefficient (Wildman–Crippen LogP) is -0.525. The van der Waals surface area contributed by atoms with Crippen LogP contribution in [0.2, 0.25) is 0 Å². The molecule has 0 unspecified atom stereocenters. The SMILES string of the molecule is Cc1n[nH]c(C)c1C(=O)N[C@@H](CCC(N)=O)C(=O)O. The highest BCUT2D eigenvalue weighted by Gasteiger charge is 2.23. The zero-order valence-corrected chi connectivity index (χ0v) is 10.7. The number of rotatable bonds is 6. The molecule has 0 aliphatic rings. The van der Waals surface area contributed by atoms with Crippen LogP contribution in [0, 0.1) is 13.8 Å². The van der Waals surface area contributed by atoms with Crippen molar-refractivity contribution in [2.75, 3.05) is 0 Å². The van der Waals surface area contributed by atoms with Gasteiger partial charge in [0.05, 0.1) is 11.3 Å². The Morgan fingerprint density at radius 2 is 2.05 bits per heavy atom. The number of nitrogens with two attached hydrogens (primary N) is 1. The number of carboxylic acid groups (broad SMARTS) is 1. The summed E-state index contributed by atoms with van der Waals surface area (Å²) >= 11 is 0. The average molecular weight is 268 g/mol. The maximum absolute atomic E-state index is 12.0. The van der Waals surface area contributed by atoms with E-state index in [-0.39, 0.29) is 12.8 Å². The van der Waals surface area contributed by atoms with E-state index in [0.29, 0.717) is 17.0 Å². The maximum Gasteiger partial charge on any atom is 0.326 e. The van der Waals surface area contributed by atoms with Gasteiger partial charge in [-0.1, -0.05) is 0 Å². The zero-order valence-electron chi connectivity index (χ0n) is 10.7. The molecule has 1 aromatic heterocycles. The number of nitrogens with one attached hydrogen (secondary N) is 2. The first kappa shape index (κ1) is 14.7. The lowest BCUT2D eigenvalue weighted by molar-refractivity contribution is -0.139. The lowest BCUT2D eigenvalue weighted by Gasteiger charge is -2.13. The monoisotopic (exact) mass is 268 g/mol. The minimum Gasteiger partial charge on any atom is -0.480 e. The second-order valence-corrected chi connectivity index (χ2v) is 4.18. The molecule has 19 heavy (non-hydrogen) atoms. The molecule has 0 saturated carbocycles. The number of carboxylic acids is 1. The Balaban J connectivity index is 2.77. The predicted molar refractivity (Wildman–Crippen MR) is 65.4 cm³/mol. The topological polar surface area (TPSA) is 138 Å². The number of aryl methyl sites for hydroxylation is 2. The van der Waals surface area contributed by atoms with Gasteiger partial charge in [0, 0.05) is 12.1 Å². The Morgan fingerprint density at radius 1 is 1.42 bits per heavy atom. The number of hydrogen-bond acceptors (Lipinski definition) is 4. The molecule has 5 N–H and O–H groups in total. The number of hydrogen-bond donors (Lipinski definition) is 4. The zero-order chi connectivity index (χ0) is 14.6. The summed E-state index contributed by atoms with van der Waals surface area (Å²) in [4.78, 5) is 33.6. The molecule has 8 heteroatoms. The lowest BCUT2D eigenvalue weighted by Crippen LogP contribution is -2.41. The summed E-state index contributed by atoms with van der Waals surface area (Å²) in [5.41, 5.74) is 6.30. The largest absolute Gasteiger partial charge is 0.480 e. The summed E-state index contributed by atoms with van der Waals surface area (Å²) < 4.78 is 0. The van der Waals surface area contributed by atoms with E-state index in [1.165, 1.54) is 0 Å². The van der Waals surface area contributed by atoms with Crippen molar-refractivity contribution in [1.29, 1.82) is 0 Å². The van der Waals surface area contributed by atoms with Crippen molar-refractivity contribution in [2.45, 2.75) is 32.7 Å². The molecule has 2 amide bonds. The minimum absolute atomic E-state index is 0.0493. The van der Waals surface area contributed by atoms with Crippen LogP contribution in [0.25, 0.3) is 0 Å². The van der Waals surface area contributed by atoms with Gasteiger partial charge in [0.25, 0.3) is 5.91 Å². The molecular formula is C11H16N4O4. The summed E-state index contributed by atoms with van der Waals surface area (Å²) in [5.74, 6) is -2.37. The van der Waals surface area contributed by atoms with Crippen LogP contribution < -0.4 is 11.1 Å². The quantitative estimate of drug-likeness (QED) is 0.549. The normalized spacial score (nSPS) is 11.9. The number of primary amides is 1. The van der Waals surface area contributed by atoms with Gasteiger partial charge in [-0.05, 0) is 20.3 Å². The van der Waals surface area contributed by atoms with Gasteiger partial charge in [0.2, 0.25) is 5.91 Å². The van der Waals surface area contributed by atoms with Crippen molar-refractivity contribution >= 4 is 17.8 Å². The molecule has 0 radical (unpaired) electrons. The van der Waals surface area contributed by atoms with Crippen molar-refractivity contribution < 1.29 is 19.5 Å². The Labute approximate surface area is 109 Å². The number of carbonyl (C=O) groups is 3. The molecule has 1 aromatic rings. The van der Waals surface area contributed by atoms with Crippen LogP contribution in [0.5, 0.6) is 0 Å². The van der Waals surface area contributed by atoms with E-state index < -0.39 is 23.8 Å². The first-order chi connectivity index (χ1) is 8.82. The number of H-pyrrole nitrogens is 1. The van der Waals surface area contributed by atoms with E-state index in [1.54, 1.807) is 13.8 Å². The van der Waals surface area contributed by atoms with Gasteiger partial charge in [0.15, 0.2) is 0 Å². The first-order valence-corrected chi connectivity index (χ1v) is 5.66. The smallest absolute Gasteiger partial charge is 0.326 e. The van der Waals surface area contributed by atoms with Crippen LogP contribution >= 0.6 is 0 Å². The van der Waals surface area contributed by atoms with E-state index in [0.717, 1.165) is 0 Å². The van der Waals surface area contributed by atoms with Crippen molar-refractivity contribution in [1.82, 2.24) is 15.5 Å². The van der Waals surface area contributed by atoms with Gasteiger partial charge in [-0.15, -0.1) is 0 Å². The number of carbonyl (C=O) groups excluding carboxylic acids is 2. The highest BCUT2D eigenvalue weighted by molar-refractivity contribution is 5.98. The van der Waals surface area contributed by atoms with Gasteiger partial charge >= 0.3 is 5.97 Å². The van der Waals surface area contributed by atoms with E-state index in [9.17, 15) is 14.4 Å². The molecule has 0 aliphatic heterocycles. The van der Waals surface area contributed by atoms with Crippen LogP contribution in [0.4, 0.5) is 0 Å².